The van der Waals surface area contributed by atoms with Crippen molar-refractivity contribution >= 4 is 52.7 Å². The lowest BCUT2D eigenvalue weighted by atomic mass is 10.2. The maximum absolute atomic E-state index is 11.9. The molecular weight excluding hydrogens is 445 g/mol. The van der Waals surface area contributed by atoms with E-state index in [-0.39, 0.29) is 12.8 Å². The van der Waals surface area contributed by atoms with Crippen molar-refractivity contribution in [1.82, 2.24) is 10.9 Å². The fourth-order valence-electron chi connectivity index (χ4n) is 2.39. The molecule has 164 valence electrons. The molecule has 8 nitrogen and oxygen atoms in total. The van der Waals surface area contributed by atoms with Gasteiger partial charge in [-0.3, -0.25) is 25.2 Å². The molecule has 0 bridgehead atoms. The van der Waals surface area contributed by atoms with Crippen LogP contribution in [0.2, 0.25) is 10.0 Å². The van der Waals surface area contributed by atoms with E-state index in [2.05, 4.69) is 16.2 Å². The highest BCUT2D eigenvalue weighted by molar-refractivity contribution is 6.36. The van der Waals surface area contributed by atoms with E-state index in [0.29, 0.717) is 32.8 Å². The second-order valence-electron chi connectivity index (χ2n) is 6.16. The SMILES string of the molecule is COc1ccc(C=CC(=O)NNC(=O)CCC(=O)Nc2ccc(Cl)cc2Cl)cc1OC. The summed E-state index contributed by atoms with van der Waals surface area (Å²) in [6.07, 6.45) is 2.57. The summed E-state index contributed by atoms with van der Waals surface area (Å²) in [6.45, 7) is 0. The van der Waals surface area contributed by atoms with Gasteiger partial charge in [0.15, 0.2) is 11.5 Å². The van der Waals surface area contributed by atoms with Gasteiger partial charge in [0, 0.05) is 23.9 Å². The molecule has 2 aromatic carbocycles. The minimum atomic E-state index is -0.541. The zero-order chi connectivity index (χ0) is 22.8. The number of carbonyl (C=O) groups is 3. The van der Waals surface area contributed by atoms with Crippen LogP contribution in [0.15, 0.2) is 42.5 Å². The molecule has 2 rings (SSSR count). The first-order valence-electron chi connectivity index (χ1n) is 9.06. The van der Waals surface area contributed by atoms with Gasteiger partial charge in [-0.05, 0) is 42.0 Å². The molecule has 0 radical (unpaired) electrons. The van der Waals surface area contributed by atoms with E-state index < -0.39 is 17.7 Å². The Morgan fingerprint density at radius 3 is 2.29 bits per heavy atom. The van der Waals surface area contributed by atoms with Gasteiger partial charge in [-0.15, -0.1) is 0 Å². The molecule has 0 fully saturated rings. The molecule has 0 atom stereocenters. The zero-order valence-electron chi connectivity index (χ0n) is 16.8. The average molecular weight is 466 g/mol. The van der Waals surface area contributed by atoms with Gasteiger partial charge in [-0.2, -0.15) is 0 Å². The summed E-state index contributed by atoms with van der Waals surface area (Å²) < 4.78 is 10.3. The van der Waals surface area contributed by atoms with Gasteiger partial charge in [-0.1, -0.05) is 29.3 Å². The van der Waals surface area contributed by atoms with Crippen molar-refractivity contribution in [2.75, 3.05) is 19.5 Å². The predicted octanol–water partition coefficient (Wildman–Crippen LogP) is 3.59. The Kier molecular flexibility index (Phi) is 9.17. The third-order valence-electron chi connectivity index (χ3n) is 3.94. The summed E-state index contributed by atoms with van der Waals surface area (Å²) >= 11 is 11.8. The van der Waals surface area contributed by atoms with Crippen LogP contribution in [0.25, 0.3) is 6.08 Å². The maximum Gasteiger partial charge on any atom is 0.262 e. The van der Waals surface area contributed by atoms with Gasteiger partial charge >= 0.3 is 0 Å². The number of benzene rings is 2. The molecular formula is C21H21Cl2N3O5. The van der Waals surface area contributed by atoms with Gasteiger partial charge in [-0.25, -0.2) is 0 Å². The lowest BCUT2D eigenvalue weighted by molar-refractivity contribution is -0.128. The number of rotatable bonds is 8. The second-order valence-corrected chi connectivity index (χ2v) is 7.00. The molecule has 0 spiro atoms. The lowest BCUT2D eigenvalue weighted by Crippen LogP contribution is -2.41. The van der Waals surface area contributed by atoms with Crippen molar-refractivity contribution < 1.29 is 23.9 Å². The topological polar surface area (TPSA) is 106 Å². The van der Waals surface area contributed by atoms with Crippen LogP contribution in [-0.2, 0) is 14.4 Å². The first-order valence-corrected chi connectivity index (χ1v) is 9.81. The first kappa shape index (κ1) is 24.0. The van der Waals surface area contributed by atoms with E-state index in [1.54, 1.807) is 36.4 Å². The Hall–Kier alpha value is -3.23. The molecule has 31 heavy (non-hydrogen) atoms. The van der Waals surface area contributed by atoms with E-state index >= 15 is 0 Å². The zero-order valence-corrected chi connectivity index (χ0v) is 18.3. The van der Waals surface area contributed by atoms with Crippen molar-refractivity contribution in [2.24, 2.45) is 0 Å². The highest BCUT2D eigenvalue weighted by atomic mass is 35.5. The fraction of sp³-hybridized carbons (Fsp3) is 0.190. The Morgan fingerprint density at radius 2 is 1.61 bits per heavy atom. The summed E-state index contributed by atoms with van der Waals surface area (Å²) in [5.41, 5.74) is 5.58. The number of hydrogen-bond acceptors (Lipinski definition) is 5. The standard InChI is InChI=1S/C21H21Cl2N3O5/c1-30-17-7-3-13(11-18(17)31-2)4-8-20(28)25-26-21(29)10-9-19(27)24-16-6-5-14(22)12-15(16)23/h3-8,11-12H,9-10H2,1-2H3,(H,24,27)(H,25,28)(H,26,29). The Morgan fingerprint density at radius 1 is 0.903 bits per heavy atom. The predicted molar refractivity (Wildman–Crippen MR) is 119 cm³/mol. The van der Waals surface area contributed by atoms with Crippen molar-refractivity contribution in [1.29, 1.82) is 0 Å². The molecule has 0 aliphatic heterocycles. The molecule has 0 aliphatic rings. The monoisotopic (exact) mass is 465 g/mol. The Labute approximate surface area is 189 Å². The van der Waals surface area contributed by atoms with Gasteiger partial charge in [0.25, 0.3) is 5.91 Å². The van der Waals surface area contributed by atoms with Gasteiger partial charge in [0.2, 0.25) is 11.8 Å². The Bertz CT molecular complexity index is 995. The molecule has 3 N–H and O–H groups in total. The number of hydrazine groups is 1. The van der Waals surface area contributed by atoms with Crippen molar-refractivity contribution in [2.45, 2.75) is 12.8 Å². The third-order valence-corrected chi connectivity index (χ3v) is 4.49. The van der Waals surface area contributed by atoms with Crippen LogP contribution in [0.5, 0.6) is 11.5 Å². The van der Waals surface area contributed by atoms with E-state index in [0.717, 1.165) is 0 Å². The van der Waals surface area contributed by atoms with Crippen LogP contribution in [0, 0.1) is 0 Å². The largest absolute Gasteiger partial charge is 0.493 e. The molecule has 2 aromatic rings. The summed E-state index contributed by atoms with van der Waals surface area (Å²) in [5, 5.41) is 3.32. The van der Waals surface area contributed by atoms with Crippen LogP contribution >= 0.6 is 23.2 Å². The number of hydrogen-bond donors (Lipinski definition) is 3. The minimum absolute atomic E-state index is 0.0951. The summed E-state index contributed by atoms with van der Waals surface area (Å²) in [5.74, 6) is -0.375. The highest BCUT2D eigenvalue weighted by Gasteiger charge is 2.10. The number of amides is 3. The number of methoxy groups -OCH3 is 2. The normalized spacial score (nSPS) is 10.5. The van der Waals surface area contributed by atoms with E-state index in [1.165, 1.54) is 26.4 Å². The number of halogens is 2. The van der Waals surface area contributed by atoms with E-state index in [1.807, 2.05) is 0 Å². The second kappa shape index (κ2) is 11.8. The van der Waals surface area contributed by atoms with Crippen molar-refractivity contribution in [3.8, 4) is 11.5 Å². The van der Waals surface area contributed by atoms with Crippen molar-refractivity contribution in [3.63, 3.8) is 0 Å². The molecule has 0 unspecified atom stereocenters. The smallest absolute Gasteiger partial charge is 0.262 e. The summed E-state index contributed by atoms with van der Waals surface area (Å²) in [7, 11) is 3.04. The number of anilines is 1. The fourth-order valence-corrected chi connectivity index (χ4v) is 2.85. The van der Waals surface area contributed by atoms with Gasteiger partial charge in [0.05, 0.1) is 24.9 Å². The lowest BCUT2D eigenvalue weighted by Gasteiger charge is -2.08. The first-order chi connectivity index (χ1) is 14.8. The maximum atomic E-state index is 11.9. The summed E-state index contributed by atoms with van der Waals surface area (Å²) in [6, 6.07) is 9.80. The molecule has 0 aromatic heterocycles. The number of carbonyl (C=O) groups excluding carboxylic acids is 3. The Balaban J connectivity index is 1.76. The van der Waals surface area contributed by atoms with Crippen LogP contribution in [-0.4, -0.2) is 31.9 Å². The van der Waals surface area contributed by atoms with E-state index in [4.69, 9.17) is 32.7 Å². The average Bonchev–Trinajstić information content (AvgIpc) is 2.76. The molecule has 10 heteroatoms. The van der Waals surface area contributed by atoms with Crippen molar-refractivity contribution in [3.05, 3.63) is 58.1 Å². The summed E-state index contributed by atoms with van der Waals surface area (Å²) in [4.78, 5) is 35.7. The molecule has 0 aliphatic carbocycles. The van der Waals surface area contributed by atoms with Crippen LogP contribution in [0.1, 0.15) is 18.4 Å². The van der Waals surface area contributed by atoms with Gasteiger partial charge < -0.3 is 14.8 Å². The van der Waals surface area contributed by atoms with Crippen LogP contribution < -0.4 is 25.6 Å². The number of ether oxygens (including phenoxy) is 2. The van der Waals surface area contributed by atoms with E-state index in [9.17, 15) is 14.4 Å². The van der Waals surface area contributed by atoms with Crippen LogP contribution in [0.3, 0.4) is 0 Å². The number of nitrogens with one attached hydrogen (secondary N) is 3. The minimum Gasteiger partial charge on any atom is -0.493 e. The van der Waals surface area contributed by atoms with Crippen LogP contribution in [0.4, 0.5) is 5.69 Å². The van der Waals surface area contributed by atoms with Gasteiger partial charge in [0.1, 0.15) is 0 Å². The quantitative estimate of drug-likeness (QED) is 0.408. The molecule has 0 saturated heterocycles. The highest BCUT2D eigenvalue weighted by Crippen LogP contribution is 2.28. The molecule has 3 amide bonds. The molecule has 0 saturated carbocycles. The molecule has 0 heterocycles. The third kappa shape index (κ3) is 7.84.